The van der Waals surface area contributed by atoms with Crippen molar-refractivity contribution in [2.45, 2.75) is 13.5 Å². The van der Waals surface area contributed by atoms with Gasteiger partial charge in [0.2, 0.25) is 5.88 Å². The highest BCUT2D eigenvalue weighted by Crippen LogP contribution is 2.27. The Morgan fingerprint density at radius 1 is 1.22 bits per heavy atom. The molecule has 0 atom stereocenters. The fourth-order valence-electron chi connectivity index (χ4n) is 1.56. The highest BCUT2D eigenvalue weighted by atomic mass is 16.5. The summed E-state index contributed by atoms with van der Waals surface area (Å²) >= 11 is 0. The third-order valence-corrected chi connectivity index (χ3v) is 2.48. The van der Waals surface area contributed by atoms with Gasteiger partial charge < -0.3 is 15.2 Å². The number of rotatable bonds is 4. The maximum Gasteiger partial charge on any atom is 0.222 e. The van der Waals surface area contributed by atoms with Gasteiger partial charge in [-0.15, -0.1) is 0 Å². The van der Waals surface area contributed by atoms with Crippen molar-refractivity contribution in [2.75, 3.05) is 7.11 Å². The summed E-state index contributed by atoms with van der Waals surface area (Å²) in [6.07, 6.45) is 1.47. The molecule has 5 heteroatoms. The molecule has 2 N–H and O–H groups in total. The fourth-order valence-corrected chi connectivity index (χ4v) is 1.56. The average Bonchev–Trinajstić information content (AvgIpc) is 2.38. The molecule has 2 aromatic rings. The first-order valence-corrected chi connectivity index (χ1v) is 5.56. The second-order valence-electron chi connectivity index (χ2n) is 3.78. The van der Waals surface area contributed by atoms with Crippen LogP contribution < -0.4 is 15.2 Å². The maximum absolute atomic E-state index is 5.63. The van der Waals surface area contributed by atoms with Crippen LogP contribution in [0.25, 0.3) is 0 Å². The molecule has 5 nitrogen and oxygen atoms in total. The molecular weight excluding hydrogens is 230 g/mol. The van der Waals surface area contributed by atoms with Gasteiger partial charge in [0.15, 0.2) is 0 Å². The Hall–Kier alpha value is -2.14. The fraction of sp³-hybridized carbons (Fsp3) is 0.231. The molecule has 0 aliphatic rings. The second-order valence-corrected chi connectivity index (χ2v) is 3.78. The average molecular weight is 245 g/mol. The smallest absolute Gasteiger partial charge is 0.222 e. The minimum absolute atomic E-state index is 0.427. The lowest BCUT2D eigenvalue weighted by molar-refractivity contribution is 0.402. The largest absolute Gasteiger partial charge is 0.496 e. The molecule has 1 heterocycles. The number of hydrogen-bond acceptors (Lipinski definition) is 5. The summed E-state index contributed by atoms with van der Waals surface area (Å²) in [6, 6.07) is 7.27. The molecule has 0 unspecified atom stereocenters. The third kappa shape index (κ3) is 2.75. The van der Waals surface area contributed by atoms with Crippen LogP contribution in [0.5, 0.6) is 17.4 Å². The number of benzene rings is 1. The first-order chi connectivity index (χ1) is 8.72. The topological polar surface area (TPSA) is 70.3 Å². The molecule has 2 rings (SSSR count). The second kappa shape index (κ2) is 5.46. The quantitative estimate of drug-likeness (QED) is 0.892. The van der Waals surface area contributed by atoms with E-state index in [2.05, 4.69) is 9.97 Å². The summed E-state index contributed by atoms with van der Waals surface area (Å²) in [6.45, 7) is 2.31. The zero-order chi connectivity index (χ0) is 13.0. The zero-order valence-electron chi connectivity index (χ0n) is 10.4. The minimum atomic E-state index is 0.427. The SMILES string of the molecule is COc1cc(Oc2cc(C)ncn2)ccc1CN. The van der Waals surface area contributed by atoms with Gasteiger partial charge in [-0.25, -0.2) is 9.97 Å². The lowest BCUT2D eigenvalue weighted by Crippen LogP contribution is -2.00. The lowest BCUT2D eigenvalue weighted by atomic mass is 10.2. The van der Waals surface area contributed by atoms with Crippen molar-refractivity contribution in [3.8, 4) is 17.4 Å². The molecule has 1 aromatic carbocycles. The van der Waals surface area contributed by atoms with Gasteiger partial charge >= 0.3 is 0 Å². The summed E-state index contributed by atoms with van der Waals surface area (Å²) in [7, 11) is 1.60. The highest BCUT2D eigenvalue weighted by molar-refractivity contribution is 5.41. The van der Waals surface area contributed by atoms with Crippen molar-refractivity contribution >= 4 is 0 Å². The van der Waals surface area contributed by atoms with E-state index in [1.807, 2.05) is 19.1 Å². The van der Waals surface area contributed by atoms with E-state index in [4.69, 9.17) is 15.2 Å². The Balaban J connectivity index is 2.24. The van der Waals surface area contributed by atoms with Gasteiger partial charge in [-0.1, -0.05) is 6.07 Å². The Kier molecular flexibility index (Phi) is 3.74. The minimum Gasteiger partial charge on any atom is -0.496 e. The number of methoxy groups -OCH3 is 1. The summed E-state index contributed by atoms with van der Waals surface area (Å²) < 4.78 is 10.9. The van der Waals surface area contributed by atoms with E-state index in [-0.39, 0.29) is 0 Å². The number of aromatic nitrogens is 2. The number of nitrogens with zero attached hydrogens (tertiary/aromatic N) is 2. The zero-order valence-corrected chi connectivity index (χ0v) is 10.4. The molecule has 0 fully saturated rings. The molecular formula is C13H15N3O2. The van der Waals surface area contributed by atoms with Gasteiger partial charge in [0, 0.05) is 29.9 Å². The summed E-state index contributed by atoms with van der Waals surface area (Å²) in [5.41, 5.74) is 7.39. The van der Waals surface area contributed by atoms with Gasteiger partial charge in [0.25, 0.3) is 0 Å². The normalized spacial score (nSPS) is 10.2. The summed E-state index contributed by atoms with van der Waals surface area (Å²) in [5, 5.41) is 0. The molecule has 0 amide bonds. The van der Waals surface area contributed by atoms with Crippen LogP contribution in [-0.4, -0.2) is 17.1 Å². The maximum atomic E-state index is 5.63. The number of ether oxygens (including phenoxy) is 2. The molecule has 1 aromatic heterocycles. The molecule has 18 heavy (non-hydrogen) atoms. The summed E-state index contributed by atoms with van der Waals surface area (Å²) in [4.78, 5) is 8.04. The van der Waals surface area contributed by atoms with Gasteiger partial charge in [-0.05, 0) is 13.0 Å². The Bertz CT molecular complexity index is 544. The van der Waals surface area contributed by atoms with Gasteiger partial charge in [0.1, 0.15) is 17.8 Å². The van der Waals surface area contributed by atoms with Crippen LogP contribution in [0.4, 0.5) is 0 Å². The molecule has 0 aliphatic heterocycles. The monoisotopic (exact) mass is 245 g/mol. The number of aryl methyl sites for hydroxylation is 1. The lowest BCUT2D eigenvalue weighted by Gasteiger charge is -2.10. The number of nitrogens with two attached hydrogens (primary N) is 1. The van der Waals surface area contributed by atoms with E-state index in [0.29, 0.717) is 23.9 Å². The first kappa shape index (κ1) is 12.3. The third-order valence-electron chi connectivity index (χ3n) is 2.48. The Labute approximate surface area is 106 Å². The number of hydrogen-bond donors (Lipinski definition) is 1. The van der Waals surface area contributed by atoms with E-state index >= 15 is 0 Å². The van der Waals surface area contributed by atoms with E-state index in [0.717, 1.165) is 11.3 Å². The van der Waals surface area contributed by atoms with Crippen LogP contribution in [0.15, 0.2) is 30.6 Å². The molecule has 0 aliphatic carbocycles. The predicted molar refractivity (Wildman–Crippen MR) is 67.7 cm³/mol. The molecule has 0 spiro atoms. The van der Waals surface area contributed by atoms with E-state index in [1.54, 1.807) is 19.2 Å². The molecule has 0 saturated carbocycles. The highest BCUT2D eigenvalue weighted by Gasteiger charge is 2.05. The predicted octanol–water partition coefficient (Wildman–Crippen LogP) is 2.04. The van der Waals surface area contributed by atoms with Crippen LogP contribution >= 0.6 is 0 Å². The van der Waals surface area contributed by atoms with Crippen LogP contribution in [-0.2, 0) is 6.54 Å². The molecule has 0 radical (unpaired) electrons. The van der Waals surface area contributed by atoms with Crippen LogP contribution in [0.2, 0.25) is 0 Å². The molecule has 94 valence electrons. The Morgan fingerprint density at radius 3 is 2.72 bits per heavy atom. The van der Waals surface area contributed by atoms with E-state index in [1.165, 1.54) is 6.33 Å². The van der Waals surface area contributed by atoms with Crippen molar-refractivity contribution in [2.24, 2.45) is 5.73 Å². The van der Waals surface area contributed by atoms with Gasteiger partial charge in [-0.2, -0.15) is 0 Å². The first-order valence-electron chi connectivity index (χ1n) is 5.56. The molecule has 0 bridgehead atoms. The standard InChI is InChI=1S/C13H15N3O2/c1-9-5-13(16-8-15-9)18-11-4-3-10(7-14)12(6-11)17-2/h3-6,8H,7,14H2,1-2H3. The molecule has 0 saturated heterocycles. The van der Waals surface area contributed by atoms with Crippen LogP contribution in [0, 0.1) is 6.92 Å². The van der Waals surface area contributed by atoms with Gasteiger partial charge in [0.05, 0.1) is 7.11 Å². The van der Waals surface area contributed by atoms with Crippen molar-refractivity contribution in [3.63, 3.8) is 0 Å². The Morgan fingerprint density at radius 2 is 2.06 bits per heavy atom. The van der Waals surface area contributed by atoms with Crippen molar-refractivity contribution in [1.29, 1.82) is 0 Å². The van der Waals surface area contributed by atoms with Crippen molar-refractivity contribution in [1.82, 2.24) is 9.97 Å². The summed E-state index contributed by atoms with van der Waals surface area (Å²) in [5.74, 6) is 1.87. The van der Waals surface area contributed by atoms with Crippen LogP contribution in [0.1, 0.15) is 11.3 Å². The van der Waals surface area contributed by atoms with Crippen molar-refractivity contribution < 1.29 is 9.47 Å². The van der Waals surface area contributed by atoms with Gasteiger partial charge in [-0.3, -0.25) is 0 Å². The van der Waals surface area contributed by atoms with E-state index < -0.39 is 0 Å². The van der Waals surface area contributed by atoms with E-state index in [9.17, 15) is 0 Å². The van der Waals surface area contributed by atoms with Crippen LogP contribution in [0.3, 0.4) is 0 Å². The van der Waals surface area contributed by atoms with Crippen molar-refractivity contribution in [3.05, 3.63) is 41.9 Å².